The number of benzene rings is 2. The highest BCUT2D eigenvalue weighted by Crippen LogP contribution is 2.54. The van der Waals surface area contributed by atoms with E-state index in [1.165, 1.54) is 21.7 Å². The molecule has 2 atom stereocenters. The van der Waals surface area contributed by atoms with Crippen LogP contribution in [0.4, 0.5) is 0 Å². The van der Waals surface area contributed by atoms with Gasteiger partial charge in [-0.3, -0.25) is 4.90 Å². The predicted octanol–water partition coefficient (Wildman–Crippen LogP) is 1.66. The SMILES string of the molecule is CS(=O)(=O)N1CC2(C1)[C@H](c1ccccc1)[C@H](CO)N2Cc1ccccc1. The molecule has 2 fully saturated rings. The number of hydrogen-bond acceptors (Lipinski definition) is 4. The summed E-state index contributed by atoms with van der Waals surface area (Å²) in [7, 11) is -3.20. The van der Waals surface area contributed by atoms with Crippen molar-refractivity contribution in [3.8, 4) is 0 Å². The minimum atomic E-state index is -3.20. The molecule has 0 aromatic heterocycles. The van der Waals surface area contributed by atoms with E-state index in [-0.39, 0.29) is 24.1 Å². The normalized spacial score (nSPS) is 25.6. The van der Waals surface area contributed by atoms with Gasteiger partial charge in [-0.05, 0) is 11.1 Å². The largest absolute Gasteiger partial charge is 0.395 e. The number of aliphatic hydroxyl groups is 1. The lowest BCUT2D eigenvalue weighted by Gasteiger charge is -2.70. The first kappa shape index (κ1) is 17.7. The molecule has 0 radical (unpaired) electrons. The van der Waals surface area contributed by atoms with Gasteiger partial charge in [0.1, 0.15) is 0 Å². The molecule has 2 aromatic carbocycles. The highest BCUT2D eigenvalue weighted by Gasteiger charge is 2.66. The highest BCUT2D eigenvalue weighted by atomic mass is 32.2. The molecule has 138 valence electrons. The average Bonchev–Trinajstić information content (AvgIpc) is 2.58. The van der Waals surface area contributed by atoms with Crippen molar-refractivity contribution in [2.75, 3.05) is 26.0 Å². The first-order valence-corrected chi connectivity index (χ1v) is 10.7. The van der Waals surface area contributed by atoms with E-state index >= 15 is 0 Å². The molecule has 1 N–H and O–H groups in total. The molecule has 0 saturated carbocycles. The van der Waals surface area contributed by atoms with Crippen molar-refractivity contribution in [1.29, 1.82) is 0 Å². The van der Waals surface area contributed by atoms with Crippen LogP contribution in [0, 0.1) is 0 Å². The molecule has 1 spiro atoms. The molecule has 2 aliphatic heterocycles. The minimum absolute atomic E-state index is 0.000633. The van der Waals surface area contributed by atoms with Crippen molar-refractivity contribution in [1.82, 2.24) is 9.21 Å². The third kappa shape index (κ3) is 2.77. The lowest BCUT2D eigenvalue weighted by atomic mass is 9.61. The Bertz CT molecular complexity index is 864. The highest BCUT2D eigenvalue weighted by molar-refractivity contribution is 7.88. The summed E-state index contributed by atoms with van der Waals surface area (Å²) in [5.74, 6) is 0.135. The molecule has 2 aliphatic rings. The fourth-order valence-corrected chi connectivity index (χ4v) is 5.51. The second-order valence-corrected chi connectivity index (χ2v) is 9.37. The summed E-state index contributed by atoms with van der Waals surface area (Å²) in [6.45, 7) is 1.74. The Morgan fingerprint density at radius 1 is 1.04 bits per heavy atom. The zero-order valence-electron chi connectivity index (χ0n) is 14.8. The molecule has 2 saturated heterocycles. The Morgan fingerprint density at radius 3 is 2.15 bits per heavy atom. The summed E-state index contributed by atoms with van der Waals surface area (Å²) < 4.78 is 25.5. The summed E-state index contributed by atoms with van der Waals surface area (Å²) in [6, 6.07) is 20.3. The number of nitrogens with zero attached hydrogens (tertiary/aromatic N) is 2. The third-order valence-corrected chi connectivity index (χ3v) is 7.04. The van der Waals surface area contributed by atoms with E-state index in [9.17, 15) is 13.5 Å². The zero-order chi connectivity index (χ0) is 18.4. The van der Waals surface area contributed by atoms with Crippen LogP contribution in [0.25, 0.3) is 0 Å². The molecule has 2 heterocycles. The van der Waals surface area contributed by atoms with Crippen molar-refractivity contribution in [3.05, 3.63) is 71.8 Å². The Kier molecular flexibility index (Phi) is 4.39. The van der Waals surface area contributed by atoms with E-state index < -0.39 is 10.0 Å². The zero-order valence-corrected chi connectivity index (χ0v) is 15.6. The number of likely N-dealkylation sites (tertiary alicyclic amines) is 1. The molecule has 4 rings (SSSR count). The lowest BCUT2D eigenvalue weighted by molar-refractivity contribution is -0.175. The van der Waals surface area contributed by atoms with Crippen LogP contribution in [0.1, 0.15) is 17.0 Å². The van der Waals surface area contributed by atoms with Crippen LogP contribution in [-0.2, 0) is 16.6 Å². The second kappa shape index (κ2) is 6.46. The molecule has 0 unspecified atom stereocenters. The lowest BCUT2D eigenvalue weighted by Crippen LogP contribution is -2.84. The van der Waals surface area contributed by atoms with E-state index in [4.69, 9.17) is 0 Å². The van der Waals surface area contributed by atoms with Gasteiger partial charge in [-0.2, -0.15) is 4.31 Å². The van der Waals surface area contributed by atoms with E-state index in [1.807, 2.05) is 36.4 Å². The van der Waals surface area contributed by atoms with Crippen LogP contribution in [0.5, 0.6) is 0 Å². The maximum absolute atomic E-state index is 12.0. The van der Waals surface area contributed by atoms with Crippen LogP contribution in [0.3, 0.4) is 0 Å². The third-order valence-electron chi connectivity index (χ3n) is 5.85. The van der Waals surface area contributed by atoms with Crippen LogP contribution < -0.4 is 0 Å². The molecular weight excluding hydrogens is 348 g/mol. The Hall–Kier alpha value is -1.73. The maximum Gasteiger partial charge on any atom is 0.211 e. The molecule has 0 aliphatic carbocycles. The van der Waals surface area contributed by atoms with Crippen molar-refractivity contribution >= 4 is 10.0 Å². The van der Waals surface area contributed by atoms with Gasteiger partial charge < -0.3 is 5.11 Å². The first-order chi connectivity index (χ1) is 12.5. The van der Waals surface area contributed by atoms with E-state index in [0.29, 0.717) is 19.6 Å². The van der Waals surface area contributed by atoms with Gasteiger partial charge in [0.2, 0.25) is 10.0 Å². The standard InChI is InChI=1S/C20H24N2O3S/c1-26(24,25)21-14-20(15-21)19(17-10-6-3-7-11-17)18(13-23)22(20)12-16-8-4-2-5-9-16/h2-11,18-19,23H,12-15H2,1H3/t18-,19+/m0/s1. The topological polar surface area (TPSA) is 60.9 Å². The van der Waals surface area contributed by atoms with Gasteiger partial charge in [-0.25, -0.2) is 8.42 Å². The van der Waals surface area contributed by atoms with Crippen molar-refractivity contribution in [3.63, 3.8) is 0 Å². The van der Waals surface area contributed by atoms with Gasteiger partial charge >= 0.3 is 0 Å². The summed E-state index contributed by atoms with van der Waals surface area (Å²) in [5.41, 5.74) is 2.10. The molecule has 0 amide bonds. The number of hydrogen-bond donors (Lipinski definition) is 1. The van der Waals surface area contributed by atoms with Gasteiger partial charge in [-0.1, -0.05) is 60.7 Å². The van der Waals surface area contributed by atoms with Crippen molar-refractivity contribution in [2.24, 2.45) is 0 Å². The van der Waals surface area contributed by atoms with Crippen LogP contribution in [0.2, 0.25) is 0 Å². The Labute approximate surface area is 154 Å². The van der Waals surface area contributed by atoms with E-state index in [0.717, 1.165) is 0 Å². The smallest absolute Gasteiger partial charge is 0.211 e. The van der Waals surface area contributed by atoms with Crippen molar-refractivity contribution in [2.45, 2.75) is 24.0 Å². The second-order valence-electron chi connectivity index (χ2n) is 7.39. The number of sulfonamides is 1. The summed E-state index contributed by atoms with van der Waals surface area (Å²) in [6.07, 6.45) is 1.26. The monoisotopic (exact) mass is 372 g/mol. The molecule has 26 heavy (non-hydrogen) atoms. The van der Waals surface area contributed by atoms with Crippen molar-refractivity contribution < 1.29 is 13.5 Å². The van der Waals surface area contributed by atoms with Gasteiger partial charge in [0.05, 0.1) is 18.4 Å². The fraction of sp³-hybridized carbons (Fsp3) is 0.400. The van der Waals surface area contributed by atoms with Gasteiger partial charge in [-0.15, -0.1) is 0 Å². The Balaban J connectivity index is 1.66. The molecule has 5 nitrogen and oxygen atoms in total. The molecule has 0 bridgehead atoms. The number of rotatable bonds is 5. The summed E-state index contributed by atoms with van der Waals surface area (Å²) in [5, 5.41) is 10.1. The predicted molar refractivity (Wildman–Crippen MR) is 101 cm³/mol. The van der Waals surface area contributed by atoms with Gasteiger partial charge in [0.25, 0.3) is 0 Å². The minimum Gasteiger partial charge on any atom is -0.395 e. The summed E-state index contributed by atoms with van der Waals surface area (Å²) >= 11 is 0. The maximum atomic E-state index is 12.0. The first-order valence-electron chi connectivity index (χ1n) is 8.87. The average molecular weight is 372 g/mol. The summed E-state index contributed by atoms with van der Waals surface area (Å²) in [4.78, 5) is 2.29. The van der Waals surface area contributed by atoms with Crippen LogP contribution in [-0.4, -0.2) is 60.3 Å². The quantitative estimate of drug-likeness (QED) is 0.867. The van der Waals surface area contributed by atoms with Gasteiger partial charge in [0, 0.05) is 31.6 Å². The molecule has 6 heteroatoms. The van der Waals surface area contributed by atoms with Gasteiger partial charge in [0.15, 0.2) is 0 Å². The molecular formula is C20H24N2O3S. The molecule has 2 aromatic rings. The van der Waals surface area contributed by atoms with E-state index in [1.54, 1.807) is 0 Å². The van der Waals surface area contributed by atoms with Crippen LogP contribution in [0.15, 0.2) is 60.7 Å². The van der Waals surface area contributed by atoms with E-state index in [2.05, 4.69) is 29.2 Å². The fourth-order valence-electron chi connectivity index (χ4n) is 4.59. The van der Waals surface area contributed by atoms with Crippen LogP contribution >= 0.6 is 0 Å². The number of aliphatic hydroxyl groups excluding tert-OH is 1. The Morgan fingerprint density at radius 2 is 1.62 bits per heavy atom.